The fourth-order valence-corrected chi connectivity index (χ4v) is 6.64. The minimum absolute atomic E-state index is 0.00489. The Balaban J connectivity index is 1.25. The predicted molar refractivity (Wildman–Crippen MR) is 125 cm³/mol. The van der Waals surface area contributed by atoms with Gasteiger partial charge in [0.25, 0.3) is 5.56 Å². The molecular weight excluding hydrogens is 487 g/mol. The minimum atomic E-state index is -4.22. The second kappa shape index (κ2) is 7.63. The van der Waals surface area contributed by atoms with Crippen LogP contribution in [0.2, 0.25) is 0 Å². The van der Waals surface area contributed by atoms with Crippen molar-refractivity contribution in [1.82, 2.24) is 24.1 Å². The lowest BCUT2D eigenvalue weighted by molar-refractivity contribution is -0.337. The van der Waals surface area contributed by atoms with Crippen molar-refractivity contribution in [2.75, 3.05) is 19.8 Å². The molecule has 3 saturated carbocycles. The van der Waals surface area contributed by atoms with Gasteiger partial charge in [0.05, 0.1) is 48.4 Å². The third kappa shape index (κ3) is 3.29. The van der Waals surface area contributed by atoms with Gasteiger partial charge in [-0.2, -0.15) is 18.3 Å². The first kappa shape index (κ1) is 23.3. The van der Waals surface area contributed by atoms with Crippen LogP contribution in [0.4, 0.5) is 13.2 Å². The highest BCUT2D eigenvalue weighted by atomic mass is 19.4. The van der Waals surface area contributed by atoms with Crippen molar-refractivity contribution < 1.29 is 22.6 Å². The molecule has 8 rings (SSSR count). The van der Waals surface area contributed by atoms with E-state index in [2.05, 4.69) is 10.1 Å². The third-order valence-electron chi connectivity index (χ3n) is 9.12. The van der Waals surface area contributed by atoms with Crippen LogP contribution in [0.25, 0.3) is 5.65 Å². The molecule has 37 heavy (non-hydrogen) atoms. The summed E-state index contributed by atoms with van der Waals surface area (Å²) in [5.41, 5.74) is 1.25. The van der Waals surface area contributed by atoms with E-state index < -0.39 is 17.0 Å². The van der Waals surface area contributed by atoms with Crippen molar-refractivity contribution in [3.8, 4) is 0 Å². The van der Waals surface area contributed by atoms with Crippen molar-refractivity contribution in [2.24, 2.45) is 5.41 Å². The van der Waals surface area contributed by atoms with E-state index in [4.69, 9.17) is 14.5 Å². The number of hydrogen-bond acceptors (Lipinski definition) is 6. The first-order chi connectivity index (χ1) is 17.6. The van der Waals surface area contributed by atoms with Crippen molar-refractivity contribution in [2.45, 2.75) is 75.6 Å². The molecule has 0 radical (unpaired) electrons. The summed E-state index contributed by atoms with van der Waals surface area (Å²) in [4.78, 5) is 22.9. The number of alkyl halides is 3. The van der Waals surface area contributed by atoms with Crippen molar-refractivity contribution in [3.05, 3.63) is 57.2 Å². The number of rotatable bonds is 4. The Bertz CT molecular complexity index is 1450. The molecule has 2 bridgehead atoms. The minimum Gasteiger partial charge on any atom is -0.377 e. The van der Waals surface area contributed by atoms with Crippen LogP contribution >= 0.6 is 0 Å². The fourth-order valence-electron chi connectivity index (χ4n) is 6.64. The number of aryl methyl sites for hydroxylation is 1. The molecule has 0 amide bonds. The van der Waals surface area contributed by atoms with Gasteiger partial charge in [0.2, 0.25) is 0 Å². The van der Waals surface area contributed by atoms with Gasteiger partial charge < -0.3 is 9.47 Å². The molecule has 0 N–H and O–H groups in total. The Labute approximate surface area is 210 Å². The molecular formula is C26H28F3N5O3. The van der Waals surface area contributed by atoms with Gasteiger partial charge >= 0.3 is 6.18 Å². The second-order valence-electron chi connectivity index (χ2n) is 11.4. The highest BCUT2D eigenvalue weighted by molar-refractivity contribution is 5.54. The van der Waals surface area contributed by atoms with E-state index in [-0.39, 0.29) is 42.9 Å². The molecule has 3 aromatic heterocycles. The monoisotopic (exact) mass is 515 g/mol. The summed E-state index contributed by atoms with van der Waals surface area (Å²) in [5, 5.41) is 4.47. The molecule has 3 aromatic rings. The van der Waals surface area contributed by atoms with E-state index in [1.54, 1.807) is 20.0 Å². The molecule has 8 nitrogen and oxygen atoms in total. The molecule has 5 heterocycles. The topological polar surface area (TPSA) is 83.5 Å². The smallest absolute Gasteiger partial charge is 0.377 e. The molecule has 0 unspecified atom stereocenters. The number of aromatic nitrogens is 5. The van der Waals surface area contributed by atoms with Crippen LogP contribution in [0.3, 0.4) is 0 Å². The summed E-state index contributed by atoms with van der Waals surface area (Å²) in [6, 6.07) is 0.247. The van der Waals surface area contributed by atoms with E-state index in [1.807, 2.05) is 17.1 Å². The van der Waals surface area contributed by atoms with Crippen LogP contribution in [-0.2, 0) is 14.9 Å². The van der Waals surface area contributed by atoms with Crippen LogP contribution in [0.5, 0.6) is 0 Å². The van der Waals surface area contributed by atoms with Gasteiger partial charge in [-0.05, 0) is 46.0 Å². The fraction of sp³-hybridized carbons (Fsp3) is 0.615. The summed E-state index contributed by atoms with van der Waals surface area (Å²) in [5.74, 6) is -0.00489. The predicted octanol–water partition coefficient (Wildman–Crippen LogP) is 4.09. The summed E-state index contributed by atoms with van der Waals surface area (Å²) >= 11 is 0. The van der Waals surface area contributed by atoms with E-state index >= 15 is 0 Å². The number of ether oxygens (including phenoxy) is 2. The maximum atomic E-state index is 13.6. The Hall–Kier alpha value is -2.79. The zero-order valence-corrected chi connectivity index (χ0v) is 20.7. The first-order valence-corrected chi connectivity index (χ1v) is 12.8. The van der Waals surface area contributed by atoms with E-state index in [1.165, 1.54) is 4.40 Å². The molecule has 3 aliphatic carbocycles. The lowest BCUT2D eigenvalue weighted by atomic mass is 9.34. The summed E-state index contributed by atoms with van der Waals surface area (Å²) in [6.07, 6.45) is 2.57. The zero-order chi connectivity index (χ0) is 25.7. The van der Waals surface area contributed by atoms with Crippen LogP contribution in [0.15, 0.2) is 23.4 Å². The summed E-state index contributed by atoms with van der Waals surface area (Å²) < 4.78 is 55.7. The molecule has 2 atom stereocenters. The Morgan fingerprint density at radius 2 is 1.86 bits per heavy atom. The van der Waals surface area contributed by atoms with Crippen molar-refractivity contribution in [3.63, 3.8) is 0 Å². The van der Waals surface area contributed by atoms with Crippen LogP contribution in [0, 0.1) is 19.3 Å². The molecule has 0 aromatic carbocycles. The molecule has 2 aliphatic heterocycles. The number of nitrogens with zero attached hydrogens (tertiary/aromatic N) is 5. The van der Waals surface area contributed by atoms with E-state index in [9.17, 15) is 18.0 Å². The Morgan fingerprint density at radius 1 is 1.11 bits per heavy atom. The van der Waals surface area contributed by atoms with E-state index in [0.29, 0.717) is 61.0 Å². The van der Waals surface area contributed by atoms with Gasteiger partial charge in [0.1, 0.15) is 0 Å². The van der Waals surface area contributed by atoms with Gasteiger partial charge in [-0.25, -0.2) is 4.98 Å². The van der Waals surface area contributed by atoms with Gasteiger partial charge in [-0.15, -0.1) is 0 Å². The largest absolute Gasteiger partial charge is 0.394 e. The Kier molecular flexibility index (Phi) is 4.81. The Morgan fingerprint density at radius 3 is 2.54 bits per heavy atom. The van der Waals surface area contributed by atoms with Crippen molar-refractivity contribution in [1.29, 1.82) is 0 Å². The van der Waals surface area contributed by atoms with Gasteiger partial charge in [-0.1, -0.05) is 0 Å². The van der Waals surface area contributed by atoms with Gasteiger partial charge in [-0.3, -0.25) is 18.9 Å². The standard InChI is InChI=1S/C26H28F3N5O3/c1-14-15(2)31-22-21(24-11-25(12-24,13-24)26(27,28)29)32-19(8-33(22)23(14)35)16-3-4-37-20(5-16)17-6-30-34(7-17)18-9-36-10-18/h6-8,16,18,20H,3-5,9-13H2,1-2H3/t16-,20+,24?,25?/m1/s1. The maximum absolute atomic E-state index is 13.6. The SMILES string of the molecule is Cc1nc2c(C34CC(C(F)(F)F)(C3)C4)nc([C@@H]3CCO[C@H](c4cnn(C5COC5)c4)C3)cn2c(=O)c1C. The van der Waals surface area contributed by atoms with Gasteiger partial charge in [0, 0.05) is 47.2 Å². The molecule has 0 spiro atoms. The second-order valence-corrected chi connectivity index (χ2v) is 11.4. The lowest BCUT2D eigenvalue weighted by Gasteiger charge is -2.70. The summed E-state index contributed by atoms with van der Waals surface area (Å²) in [7, 11) is 0. The molecule has 5 aliphatic rings. The van der Waals surface area contributed by atoms with Crippen LogP contribution < -0.4 is 5.56 Å². The van der Waals surface area contributed by atoms with Crippen LogP contribution in [-0.4, -0.2) is 50.1 Å². The number of fused-ring (bicyclic) bond motifs is 1. The quantitative estimate of drug-likeness (QED) is 0.521. The third-order valence-corrected chi connectivity index (χ3v) is 9.12. The maximum Gasteiger partial charge on any atom is 0.394 e. The molecule has 5 fully saturated rings. The number of hydrogen-bond donors (Lipinski definition) is 0. The number of halogens is 3. The summed E-state index contributed by atoms with van der Waals surface area (Å²) in [6.45, 7) is 5.30. The molecule has 11 heteroatoms. The highest BCUT2D eigenvalue weighted by Crippen LogP contribution is 2.78. The normalized spacial score (nSPS) is 31.6. The average Bonchev–Trinajstić information content (AvgIpc) is 3.23. The lowest BCUT2D eigenvalue weighted by Crippen LogP contribution is -2.70. The van der Waals surface area contributed by atoms with Crippen molar-refractivity contribution >= 4 is 5.65 Å². The first-order valence-electron chi connectivity index (χ1n) is 12.8. The molecule has 196 valence electrons. The van der Waals surface area contributed by atoms with E-state index in [0.717, 1.165) is 5.56 Å². The highest BCUT2D eigenvalue weighted by Gasteiger charge is 2.79. The molecule has 2 saturated heterocycles. The zero-order valence-electron chi connectivity index (χ0n) is 20.7. The van der Waals surface area contributed by atoms with Crippen LogP contribution in [0.1, 0.15) is 78.4 Å². The average molecular weight is 516 g/mol. The van der Waals surface area contributed by atoms with Gasteiger partial charge in [0.15, 0.2) is 5.65 Å².